The Labute approximate surface area is 183 Å². The highest BCUT2D eigenvalue weighted by Gasteiger charge is 2.19. The van der Waals surface area contributed by atoms with Crippen LogP contribution in [-0.4, -0.2) is 20.7 Å². The number of halogens is 1. The van der Waals surface area contributed by atoms with Crippen LogP contribution in [0.15, 0.2) is 71.2 Å². The maximum absolute atomic E-state index is 12.9. The molecule has 5 nitrogen and oxygen atoms in total. The molecule has 1 aromatic heterocycles. The third-order valence-electron chi connectivity index (χ3n) is 4.79. The monoisotopic (exact) mass is 460 g/mol. The summed E-state index contributed by atoms with van der Waals surface area (Å²) in [5.41, 5.74) is 5.73. The largest absolute Gasteiger partial charge is 0.319 e. The number of carbonyl (C=O) groups excluding carboxylic acids is 1. The van der Waals surface area contributed by atoms with E-state index in [1.54, 1.807) is 4.68 Å². The first-order valence-corrected chi connectivity index (χ1v) is 10.4. The molecule has 0 fully saturated rings. The molecule has 0 aliphatic rings. The van der Waals surface area contributed by atoms with Gasteiger partial charge in [-0.15, -0.1) is 5.10 Å². The third-order valence-corrected chi connectivity index (χ3v) is 5.32. The number of hydrogen-bond donors (Lipinski definition) is 1. The smallest absolute Gasteiger partial charge is 0.295 e. The van der Waals surface area contributed by atoms with Crippen molar-refractivity contribution in [3.8, 4) is 17.1 Å². The van der Waals surface area contributed by atoms with Crippen molar-refractivity contribution in [2.75, 3.05) is 5.32 Å². The molecule has 3 aromatic carbocycles. The van der Waals surface area contributed by atoms with Crippen molar-refractivity contribution in [2.24, 2.45) is 0 Å². The normalized spacial score (nSPS) is 10.8. The predicted octanol–water partition coefficient (Wildman–Crippen LogP) is 5.87. The summed E-state index contributed by atoms with van der Waals surface area (Å²) in [7, 11) is 0. The number of anilines is 1. The molecule has 0 spiro atoms. The van der Waals surface area contributed by atoms with Gasteiger partial charge in [-0.1, -0.05) is 57.4 Å². The lowest BCUT2D eigenvalue weighted by Gasteiger charge is -2.07. The van der Waals surface area contributed by atoms with Gasteiger partial charge in [0.2, 0.25) is 5.82 Å². The van der Waals surface area contributed by atoms with E-state index >= 15 is 0 Å². The van der Waals surface area contributed by atoms with Gasteiger partial charge >= 0.3 is 0 Å². The van der Waals surface area contributed by atoms with Gasteiger partial charge in [0.05, 0.1) is 5.69 Å². The Morgan fingerprint density at radius 3 is 2.37 bits per heavy atom. The van der Waals surface area contributed by atoms with Crippen molar-refractivity contribution in [3.05, 3.63) is 93.7 Å². The second kappa shape index (κ2) is 8.24. The fourth-order valence-electron chi connectivity index (χ4n) is 3.27. The summed E-state index contributed by atoms with van der Waals surface area (Å²) in [6.07, 6.45) is 0. The molecule has 0 unspecified atom stereocenters. The number of nitrogens with zero attached hydrogens (tertiary/aromatic N) is 3. The molecule has 0 aliphatic heterocycles. The van der Waals surface area contributed by atoms with Crippen LogP contribution in [0, 0.1) is 20.8 Å². The zero-order valence-electron chi connectivity index (χ0n) is 17.0. The van der Waals surface area contributed by atoms with Crippen LogP contribution in [0.25, 0.3) is 17.1 Å². The van der Waals surface area contributed by atoms with Crippen LogP contribution in [-0.2, 0) is 0 Å². The summed E-state index contributed by atoms with van der Waals surface area (Å²) in [5, 5.41) is 7.47. The van der Waals surface area contributed by atoms with Crippen LogP contribution in [0.2, 0.25) is 0 Å². The van der Waals surface area contributed by atoms with Crippen LogP contribution in [0.5, 0.6) is 0 Å². The van der Waals surface area contributed by atoms with Crippen LogP contribution in [0.1, 0.15) is 27.3 Å². The SMILES string of the molecule is Cc1cccc(-c2nc(C(=O)Nc3ccc(C)cc3C)nn2-c2ccc(Br)cc2)c1. The highest BCUT2D eigenvalue weighted by Crippen LogP contribution is 2.24. The summed E-state index contributed by atoms with van der Waals surface area (Å²) < 4.78 is 2.68. The Bertz CT molecular complexity index is 1230. The summed E-state index contributed by atoms with van der Waals surface area (Å²) in [6, 6.07) is 21.6. The third kappa shape index (κ3) is 4.19. The minimum Gasteiger partial charge on any atom is -0.319 e. The van der Waals surface area contributed by atoms with Gasteiger partial charge < -0.3 is 5.32 Å². The van der Waals surface area contributed by atoms with Crippen LogP contribution < -0.4 is 5.32 Å². The predicted molar refractivity (Wildman–Crippen MR) is 123 cm³/mol. The Balaban J connectivity index is 1.76. The molecule has 0 atom stereocenters. The van der Waals surface area contributed by atoms with E-state index in [-0.39, 0.29) is 11.7 Å². The first kappa shape index (κ1) is 20.0. The molecular formula is C24H21BrN4O. The molecule has 150 valence electrons. The van der Waals surface area contributed by atoms with Crippen LogP contribution in [0.3, 0.4) is 0 Å². The van der Waals surface area contributed by atoms with Gasteiger partial charge in [0.15, 0.2) is 5.82 Å². The molecule has 30 heavy (non-hydrogen) atoms. The van der Waals surface area contributed by atoms with Gasteiger partial charge in [0, 0.05) is 15.7 Å². The van der Waals surface area contributed by atoms with E-state index < -0.39 is 0 Å². The average molecular weight is 461 g/mol. The number of amides is 1. The molecule has 0 aliphatic carbocycles. The lowest BCUT2D eigenvalue weighted by molar-refractivity contribution is 0.101. The topological polar surface area (TPSA) is 59.8 Å². The molecular weight excluding hydrogens is 440 g/mol. The minimum absolute atomic E-state index is 0.120. The number of benzene rings is 3. The molecule has 6 heteroatoms. The van der Waals surface area contributed by atoms with Crippen molar-refractivity contribution in [2.45, 2.75) is 20.8 Å². The molecule has 0 saturated heterocycles. The number of carbonyl (C=O) groups is 1. The van der Waals surface area contributed by atoms with E-state index in [4.69, 9.17) is 0 Å². The van der Waals surface area contributed by atoms with Gasteiger partial charge in [-0.05, 0) is 62.7 Å². The van der Waals surface area contributed by atoms with Crippen molar-refractivity contribution in [1.82, 2.24) is 14.8 Å². The van der Waals surface area contributed by atoms with Crippen molar-refractivity contribution in [3.63, 3.8) is 0 Å². The molecule has 0 saturated carbocycles. The van der Waals surface area contributed by atoms with Gasteiger partial charge in [0.25, 0.3) is 5.91 Å². The number of hydrogen-bond acceptors (Lipinski definition) is 3. The average Bonchev–Trinajstić information content (AvgIpc) is 3.16. The van der Waals surface area contributed by atoms with Gasteiger partial charge in [-0.25, -0.2) is 9.67 Å². The standard InChI is InChI=1S/C24H21BrN4O/c1-15-5-4-6-18(14-15)23-27-22(28-29(23)20-10-8-19(25)9-11-20)24(30)26-21-12-7-16(2)13-17(21)3/h4-14H,1-3H3,(H,26,30). The molecule has 1 heterocycles. The molecule has 1 amide bonds. The Morgan fingerprint density at radius 2 is 1.67 bits per heavy atom. The second-order valence-corrected chi connectivity index (χ2v) is 8.20. The van der Waals surface area contributed by atoms with Crippen LogP contribution in [0.4, 0.5) is 5.69 Å². The van der Waals surface area contributed by atoms with Crippen LogP contribution >= 0.6 is 15.9 Å². The maximum Gasteiger partial charge on any atom is 0.295 e. The van der Waals surface area contributed by atoms with Gasteiger partial charge in [0.1, 0.15) is 0 Å². The van der Waals surface area contributed by atoms with Gasteiger partial charge in [-0.3, -0.25) is 4.79 Å². The number of nitrogens with one attached hydrogen (secondary N) is 1. The lowest BCUT2D eigenvalue weighted by atomic mass is 10.1. The fraction of sp³-hybridized carbons (Fsp3) is 0.125. The summed E-state index contributed by atoms with van der Waals surface area (Å²) in [6.45, 7) is 6.01. The van der Waals surface area contributed by atoms with E-state index in [0.29, 0.717) is 5.82 Å². The molecule has 4 aromatic rings. The zero-order chi connectivity index (χ0) is 21.3. The number of rotatable bonds is 4. The summed E-state index contributed by atoms with van der Waals surface area (Å²) in [4.78, 5) is 17.5. The lowest BCUT2D eigenvalue weighted by Crippen LogP contribution is -2.15. The number of aromatic nitrogens is 3. The Hall–Kier alpha value is -3.25. The van der Waals surface area contributed by atoms with E-state index in [9.17, 15) is 4.79 Å². The van der Waals surface area contributed by atoms with E-state index in [1.165, 1.54) is 0 Å². The number of aryl methyl sites for hydroxylation is 3. The minimum atomic E-state index is -0.341. The highest BCUT2D eigenvalue weighted by atomic mass is 79.9. The Morgan fingerprint density at radius 1 is 0.933 bits per heavy atom. The summed E-state index contributed by atoms with van der Waals surface area (Å²) >= 11 is 3.46. The Kier molecular flexibility index (Phi) is 5.50. The van der Waals surface area contributed by atoms with Gasteiger partial charge in [-0.2, -0.15) is 0 Å². The quantitative estimate of drug-likeness (QED) is 0.413. The second-order valence-electron chi connectivity index (χ2n) is 7.29. The molecule has 1 N–H and O–H groups in total. The summed E-state index contributed by atoms with van der Waals surface area (Å²) in [5.74, 6) is 0.396. The van der Waals surface area contributed by atoms with Crippen molar-refractivity contribution >= 4 is 27.5 Å². The molecule has 4 rings (SSSR count). The van der Waals surface area contributed by atoms with E-state index in [2.05, 4.69) is 31.3 Å². The maximum atomic E-state index is 12.9. The van der Waals surface area contributed by atoms with Crippen molar-refractivity contribution in [1.29, 1.82) is 0 Å². The van der Waals surface area contributed by atoms with E-state index in [1.807, 2.05) is 87.5 Å². The highest BCUT2D eigenvalue weighted by molar-refractivity contribution is 9.10. The zero-order valence-corrected chi connectivity index (χ0v) is 18.6. The first-order valence-electron chi connectivity index (χ1n) is 9.59. The van der Waals surface area contributed by atoms with Crippen molar-refractivity contribution < 1.29 is 4.79 Å². The molecule has 0 bridgehead atoms. The molecule has 0 radical (unpaired) electrons. The fourth-order valence-corrected chi connectivity index (χ4v) is 3.54. The first-order chi connectivity index (χ1) is 14.4. The van der Waals surface area contributed by atoms with E-state index in [0.717, 1.165) is 38.1 Å².